The first kappa shape index (κ1) is 12.9. The zero-order valence-electron chi connectivity index (χ0n) is 8.65. The molecule has 1 heterocycles. The summed E-state index contributed by atoms with van der Waals surface area (Å²) in [6.45, 7) is 0. The maximum absolute atomic E-state index is 13.3. The molecule has 8 heteroatoms. The molecule has 0 atom stereocenters. The fourth-order valence-corrected chi connectivity index (χ4v) is 3.27. The lowest BCUT2D eigenvalue weighted by atomic mass is 10.3. The third-order valence-corrected chi connectivity index (χ3v) is 4.80. The number of hydrogen-bond donors (Lipinski definition) is 1. The number of nitrogens with one attached hydrogen (secondary N) is 1. The number of hydrogen-bond acceptors (Lipinski definition) is 3. The molecule has 0 saturated carbocycles. The second-order valence-electron chi connectivity index (χ2n) is 3.26. The van der Waals surface area contributed by atoms with Gasteiger partial charge in [-0.15, -0.1) is 11.3 Å². The van der Waals surface area contributed by atoms with Crippen molar-refractivity contribution in [2.75, 3.05) is 4.72 Å². The highest BCUT2D eigenvalue weighted by molar-refractivity contribution is 7.94. The third-order valence-electron chi connectivity index (χ3n) is 2.04. The molecule has 0 fully saturated rings. The molecular formula is C10H6F3NO2S2. The number of sulfonamides is 1. The highest BCUT2D eigenvalue weighted by Gasteiger charge is 2.20. The van der Waals surface area contributed by atoms with Gasteiger partial charge in [0.2, 0.25) is 0 Å². The Morgan fingerprint density at radius 3 is 2.39 bits per heavy atom. The van der Waals surface area contributed by atoms with Crippen LogP contribution in [0.2, 0.25) is 0 Å². The Morgan fingerprint density at radius 2 is 1.78 bits per heavy atom. The van der Waals surface area contributed by atoms with Gasteiger partial charge in [-0.1, -0.05) is 6.07 Å². The van der Waals surface area contributed by atoms with Crippen LogP contribution in [0.3, 0.4) is 0 Å². The van der Waals surface area contributed by atoms with E-state index in [1.54, 1.807) is 0 Å². The standard InChI is InChI=1S/C10H6F3NO2S2/c11-6-3-4-7(10(13)9(6)12)14-18(15,16)8-2-1-5-17-8/h1-5,14H. The third kappa shape index (κ3) is 2.34. The molecular weight excluding hydrogens is 287 g/mol. The molecule has 18 heavy (non-hydrogen) atoms. The predicted molar refractivity (Wildman–Crippen MR) is 61.4 cm³/mol. The fourth-order valence-electron chi connectivity index (χ4n) is 1.22. The first-order valence-corrected chi connectivity index (χ1v) is 6.98. The Balaban J connectivity index is 2.39. The van der Waals surface area contributed by atoms with E-state index in [0.717, 1.165) is 17.4 Å². The minimum Gasteiger partial charge on any atom is -0.276 e. The van der Waals surface area contributed by atoms with Crippen LogP contribution >= 0.6 is 11.3 Å². The molecule has 1 N–H and O–H groups in total. The summed E-state index contributed by atoms with van der Waals surface area (Å²) in [6.07, 6.45) is 0. The lowest BCUT2D eigenvalue weighted by molar-refractivity contribution is 0.449. The van der Waals surface area contributed by atoms with Gasteiger partial charge >= 0.3 is 0 Å². The quantitative estimate of drug-likeness (QED) is 0.884. The second kappa shape index (κ2) is 4.62. The van der Waals surface area contributed by atoms with Crippen molar-refractivity contribution >= 4 is 27.0 Å². The molecule has 0 aliphatic rings. The van der Waals surface area contributed by atoms with E-state index in [4.69, 9.17) is 0 Å². The molecule has 1 aromatic heterocycles. The SMILES string of the molecule is O=S(=O)(Nc1ccc(F)c(F)c1F)c1cccs1. The first-order chi connectivity index (χ1) is 8.42. The second-order valence-corrected chi connectivity index (χ2v) is 6.12. The van der Waals surface area contributed by atoms with E-state index in [1.165, 1.54) is 17.5 Å². The zero-order valence-corrected chi connectivity index (χ0v) is 10.3. The summed E-state index contributed by atoms with van der Waals surface area (Å²) in [6, 6.07) is 4.27. The predicted octanol–water partition coefficient (Wildman–Crippen LogP) is 2.97. The lowest BCUT2D eigenvalue weighted by Crippen LogP contribution is -2.13. The molecule has 2 aromatic rings. The number of halogens is 3. The molecule has 0 spiro atoms. The Kier molecular flexibility index (Phi) is 3.31. The highest BCUT2D eigenvalue weighted by atomic mass is 32.2. The number of anilines is 1. The van der Waals surface area contributed by atoms with Gasteiger partial charge < -0.3 is 0 Å². The molecule has 0 bridgehead atoms. The summed E-state index contributed by atoms with van der Waals surface area (Å²) >= 11 is 0.922. The topological polar surface area (TPSA) is 46.2 Å². The molecule has 1 aromatic carbocycles. The number of benzene rings is 1. The smallest absolute Gasteiger partial charge is 0.271 e. The lowest BCUT2D eigenvalue weighted by Gasteiger charge is -2.07. The van der Waals surface area contributed by atoms with Gasteiger partial charge in [-0.2, -0.15) is 0 Å². The van der Waals surface area contributed by atoms with Gasteiger partial charge in [-0.05, 0) is 23.6 Å². The molecule has 0 aliphatic carbocycles. The van der Waals surface area contributed by atoms with E-state index < -0.39 is 33.2 Å². The van der Waals surface area contributed by atoms with E-state index in [9.17, 15) is 21.6 Å². The molecule has 0 amide bonds. The first-order valence-electron chi connectivity index (χ1n) is 4.61. The Morgan fingerprint density at radius 1 is 1.06 bits per heavy atom. The highest BCUT2D eigenvalue weighted by Crippen LogP contribution is 2.24. The number of thiophene rings is 1. The van der Waals surface area contributed by atoms with Crippen LogP contribution in [-0.2, 0) is 10.0 Å². The molecule has 96 valence electrons. The van der Waals surface area contributed by atoms with Crippen molar-refractivity contribution in [2.45, 2.75) is 4.21 Å². The maximum Gasteiger partial charge on any atom is 0.271 e. The van der Waals surface area contributed by atoms with Crippen molar-refractivity contribution < 1.29 is 21.6 Å². The molecule has 0 unspecified atom stereocenters. The maximum atomic E-state index is 13.3. The van der Waals surface area contributed by atoms with Crippen molar-refractivity contribution in [1.82, 2.24) is 0 Å². The van der Waals surface area contributed by atoms with Crippen LogP contribution in [0, 0.1) is 17.5 Å². The summed E-state index contributed by atoms with van der Waals surface area (Å²) < 4.78 is 64.2. The summed E-state index contributed by atoms with van der Waals surface area (Å²) in [5.74, 6) is -4.68. The Hall–Kier alpha value is -1.54. The van der Waals surface area contributed by atoms with Crippen LogP contribution in [0.25, 0.3) is 0 Å². The minimum absolute atomic E-state index is 0.0494. The summed E-state index contributed by atoms with van der Waals surface area (Å²) in [7, 11) is -3.98. The largest absolute Gasteiger partial charge is 0.276 e. The van der Waals surface area contributed by atoms with Gasteiger partial charge in [0, 0.05) is 0 Å². The van der Waals surface area contributed by atoms with E-state index in [1.807, 2.05) is 4.72 Å². The minimum atomic E-state index is -3.98. The van der Waals surface area contributed by atoms with Crippen molar-refractivity contribution in [1.29, 1.82) is 0 Å². The van der Waals surface area contributed by atoms with Crippen LogP contribution < -0.4 is 4.72 Å². The molecule has 0 radical (unpaired) electrons. The monoisotopic (exact) mass is 293 g/mol. The average molecular weight is 293 g/mol. The normalized spacial score (nSPS) is 11.5. The van der Waals surface area contributed by atoms with Crippen LogP contribution in [0.4, 0.5) is 18.9 Å². The van der Waals surface area contributed by atoms with Crippen molar-refractivity contribution in [3.05, 3.63) is 47.1 Å². The van der Waals surface area contributed by atoms with Crippen LogP contribution in [0.5, 0.6) is 0 Å². The molecule has 3 nitrogen and oxygen atoms in total. The Bertz CT molecular complexity index is 669. The summed E-state index contributed by atoms with van der Waals surface area (Å²) in [5.41, 5.74) is -0.637. The van der Waals surface area contributed by atoms with Gasteiger partial charge in [0.1, 0.15) is 4.21 Å². The Labute approximate surface area is 105 Å². The van der Waals surface area contributed by atoms with E-state index in [-0.39, 0.29) is 4.21 Å². The van der Waals surface area contributed by atoms with Crippen molar-refractivity contribution in [2.24, 2.45) is 0 Å². The van der Waals surface area contributed by atoms with Crippen molar-refractivity contribution in [3.63, 3.8) is 0 Å². The van der Waals surface area contributed by atoms with E-state index >= 15 is 0 Å². The number of rotatable bonds is 3. The van der Waals surface area contributed by atoms with Crippen LogP contribution in [-0.4, -0.2) is 8.42 Å². The van der Waals surface area contributed by atoms with Crippen molar-refractivity contribution in [3.8, 4) is 0 Å². The fraction of sp³-hybridized carbons (Fsp3) is 0. The summed E-state index contributed by atoms with van der Waals surface area (Å²) in [5, 5.41) is 1.52. The van der Waals surface area contributed by atoms with E-state index in [0.29, 0.717) is 6.07 Å². The molecule has 0 aliphatic heterocycles. The van der Waals surface area contributed by atoms with Gasteiger partial charge in [-0.3, -0.25) is 4.72 Å². The molecule has 0 saturated heterocycles. The molecule has 2 rings (SSSR count). The van der Waals surface area contributed by atoms with Gasteiger partial charge in [-0.25, -0.2) is 21.6 Å². The van der Waals surface area contributed by atoms with Gasteiger partial charge in [0.15, 0.2) is 17.5 Å². The van der Waals surface area contributed by atoms with E-state index in [2.05, 4.69) is 0 Å². The summed E-state index contributed by atoms with van der Waals surface area (Å²) in [4.78, 5) is 0. The zero-order chi connectivity index (χ0) is 13.3. The van der Waals surface area contributed by atoms with Crippen LogP contribution in [0.15, 0.2) is 33.9 Å². The average Bonchev–Trinajstić information content (AvgIpc) is 2.84. The van der Waals surface area contributed by atoms with Gasteiger partial charge in [0.25, 0.3) is 10.0 Å². The van der Waals surface area contributed by atoms with Crippen LogP contribution in [0.1, 0.15) is 0 Å². The van der Waals surface area contributed by atoms with Gasteiger partial charge in [0.05, 0.1) is 5.69 Å².